The Labute approximate surface area is 100 Å². The lowest BCUT2D eigenvalue weighted by molar-refractivity contribution is -0.145. The van der Waals surface area contributed by atoms with Gasteiger partial charge in [0.25, 0.3) is 0 Å². The van der Waals surface area contributed by atoms with Gasteiger partial charge in [-0.25, -0.2) is 0 Å². The van der Waals surface area contributed by atoms with Crippen LogP contribution in [-0.2, 0) is 14.3 Å². The minimum Gasteiger partial charge on any atom is -0.497 e. The van der Waals surface area contributed by atoms with Gasteiger partial charge in [0, 0.05) is 5.92 Å². The highest BCUT2D eigenvalue weighted by Crippen LogP contribution is 2.32. The van der Waals surface area contributed by atoms with E-state index in [0.717, 1.165) is 11.3 Å². The Kier molecular flexibility index (Phi) is 3.64. The monoisotopic (exact) mass is 236 g/mol. The number of benzene rings is 1. The summed E-state index contributed by atoms with van der Waals surface area (Å²) in [7, 11) is 3.04. The quantitative estimate of drug-likeness (QED) is 0.748. The first-order valence-electron chi connectivity index (χ1n) is 5.55. The van der Waals surface area contributed by atoms with E-state index < -0.39 is 0 Å². The van der Waals surface area contributed by atoms with E-state index in [1.165, 1.54) is 7.11 Å². The number of carbonyl (C=O) groups excluding carboxylic acids is 1. The molecule has 0 aromatic heterocycles. The highest BCUT2D eigenvalue weighted by Gasteiger charge is 2.35. The summed E-state index contributed by atoms with van der Waals surface area (Å²) in [5.41, 5.74) is 1.08. The predicted octanol–water partition coefficient (Wildman–Crippen LogP) is 1.60. The van der Waals surface area contributed by atoms with E-state index in [9.17, 15) is 4.79 Å². The molecule has 0 bridgehead atoms. The van der Waals surface area contributed by atoms with Crippen molar-refractivity contribution in [1.29, 1.82) is 0 Å². The van der Waals surface area contributed by atoms with Gasteiger partial charge in [0.1, 0.15) is 5.75 Å². The molecular weight excluding hydrogens is 220 g/mol. The highest BCUT2D eigenvalue weighted by molar-refractivity contribution is 5.74. The molecule has 2 unspecified atom stereocenters. The van der Waals surface area contributed by atoms with E-state index in [1.54, 1.807) is 7.11 Å². The molecule has 0 radical (unpaired) electrons. The first-order valence-corrected chi connectivity index (χ1v) is 5.55. The van der Waals surface area contributed by atoms with E-state index in [4.69, 9.17) is 14.2 Å². The Morgan fingerprint density at radius 1 is 1.24 bits per heavy atom. The van der Waals surface area contributed by atoms with Gasteiger partial charge in [-0.2, -0.15) is 0 Å². The molecule has 0 amide bonds. The summed E-state index contributed by atoms with van der Waals surface area (Å²) < 4.78 is 15.3. The number of rotatable bonds is 3. The van der Waals surface area contributed by atoms with Crippen LogP contribution in [0.15, 0.2) is 24.3 Å². The van der Waals surface area contributed by atoms with Crippen LogP contribution in [-0.4, -0.2) is 33.4 Å². The number of ether oxygens (including phenoxy) is 3. The summed E-state index contributed by atoms with van der Waals surface area (Å²) in [6.45, 7) is 0.996. The first kappa shape index (κ1) is 11.9. The molecule has 2 rings (SSSR count). The number of hydrogen-bond donors (Lipinski definition) is 0. The van der Waals surface area contributed by atoms with Crippen LogP contribution in [0.2, 0.25) is 0 Å². The van der Waals surface area contributed by atoms with Crippen LogP contribution < -0.4 is 4.74 Å². The molecule has 0 saturated carbocycles. The van der Waals surface area contributed by atoms with E-state index in [2.05, 4.69) is 0 Å². The molecule has 17 heavy (non-hydrogen) atoms. The van der Waals surface area contributed by atoms with Crippen LogP contribution in [0.3, 0.4) is 0 Å². The topological polar surface area (TPSA) is 44.8 Å². The van der Waals surface area contributed by atoms with Gasteiger partial charge >= 0.3 is 5.97 Å². The summed E-state index contributed by atoms with van der Waals surface area (Å²) in [6.07, 6.45) is 0. The summed E-state index contributed by atoms with van der Waals surface area (Å²) in [6, 6.07) is 7.71. The molecule has 1 aliphatic heterocycles. The van der Waals surface area contributed by atoms with Crippen LogP contribution >= 0.6 is 0 Å². The van der Waals surface area contributed by atoms with Gasteiger partial charge in [-0.3, -0.25) is 4.79 Å². The largest absolute Gasteiger partial charge is 0.497 e. The van der Waals surface area contributed by atoms with Crippen molar-refractivity contribution in [2.75, 3.05) is 27.4 Å². The minimum absolute atomic E-state index is 0.0772. The molecule has 0 N–H and O–H groups in total. The fourth-order valence-corrected chi connectivity index (χ4v) is 2.12. The van der Waals surface area contributed by atoms with Crippen molar-refractivity contribution >= 4 is 5.97 Å². The smallest absolute Gasteiger partial charge is 0.311 e. The summed E-state index contributed by atoms with van der Waals surface area (Å²) in [5, 5.41) is 0. The van der Waals surface area contributed by atoms with Crippen LogP contribution in [0.5, 0.6) is 5.75 Å². The van der Waals surface area contributed by atoms with Gasteiger partial charge < -0.3 is 14.2 Å². The van der Waals surface area contributed by atoms with Crippen molar-refractivity contribution in [3.63, 3.8) is 0 Å². The molecule has 1 saturated heterocycles. The second-order valence-electron chi connectivity index (χ2n) is 4.05. The molecule has 1 aromatic carbocycles. The molecule has 2 atom stereocenters. The van der Waals surface area contributed by atoms with Crippen molar-refractivity contribution in [2.45, 2.75) is 5.92 Å². The number of methoxy groups -OCH3 is 2. The lowest BCUT2D eigenvalue weighted by atomic mass is 9.89. The Morgan fingerprint density at radius 3 is 2.53 bits per heavy atom. The third kappa shape index (κ3) is 2.42. The predicted molar refractivity (Wildman–Crippen MR) is 62.1 cm³/mol. The SMILES string of the molecule is COC(=O)C1COCC1c1ccc(OC)cc1. The average molecular weight is 236 g/mol. The molecular formula is C13H16O4. The van der Waals surface area contributed by atoms with Crippen LogP contribution in [0.25, 0.3) is 0 Å². The minimum atomic E-state index is -0.205. The Balaban J connectivity index is 2.17. The van der Waals surface area contributed by atoms with E-state index in [-0.39, 0.29) is 17.8 Å². The summed E-state index contributed by atoms with van der Waals surface area (Å²) >= 11 is 0. The lowest BCUT2D eigenvalue weighted by Gasteiger charge is -2.15. The Morgan fingerprint density at radius 2 is 1.94 bits per heavy atom. The summed E-state index contributed by atoms with van der Waals surface area (Å²) in [5.74, 6) is 0.479. The van der Waals surface area contributed by atoms with Gasteiger partial charge in [-0.15, -0.1) is 0 Å². The van der Waals surface area contributed by atoms with Gasteiger partial charge in [-0.05, 0) is 17.7 Å². The molecule has 4 nitrogen and oxygen atoms in total. The van der Waals surface area contributed by atoms with Crippen molar-refractivity contribution < 1.29 is 19.0 Å². The number of carbonyl (C=O) groups is 1. The fraction of sp³-hybridized carbons (Fsp3) is 0.462. The van der Waals surface area contributed by atoms with Crippen molar-refractivity contribution in [3.8, 4) is 5.75 Å². The van der Waals surface area contributed by atoms with E-state index >= 15 is 0 Å². The molecule has 0 spiro atoms. The standard InChI is InChI=1S/C13H16O4/c1-15-10-5-3-9(4-6-10)11-7-17-8-12(11)13(14)16-2/h3-6,11-12H,7-8H2,1-2H3. The third-order valence-electron chi connectivity index (χ3n) is 3.13. The zero-order valence-electron chi connectivity index (χ0n) is 10.0. The molecule has 1 aromatic rings. The molecule has 92 valence electrons. The maximum atomic E-state index is 11.6. The van der Waals surface area contributed by atoms with Gasteiger partial charge in [-0.1, -0.05) is 12.1 Å². The molecule has 0 aliphatic carbocycles. The highest BCUT2D eigenvalue weighted by atomic mass is 16.5. The maximum Gasteiger partial charge on any atom is 0.311 e. The number of hydrogen-bond acceptors (Lipinski definition) is 4. The second-order valence-corrected chi connectivity index (χ2v) is 4.05. The van der Waals surface area contributed by atoms with Gasteiger partial charge in [0.2, 0.25) is 0 Å². The zero-order valence-corrected chi connectivity index (χ0v) is 10.0. The van der Waals surface area contributed by atoms with E-state index in [1.807, 2.05) is 24.3 Å². The number of esters is 1. The van der Waals surface area contributed by atoms with Crippen LogP contribution in [0, 0.1) is 5.92 Å². The Bertz CT molecular complexity index is 385. The van der Waals surface area contributed by atoms with Gasteiger partial charge in [0.05, 0.1) is 33.4 Å². The zero-order chi connectivity index (χ0) is 12.3. The van der Waals surface area contributed by atoms with Crippen LogP contribution in [0.4, 0.5) is 0 Å². The van der Waals surface area contributed by atoms with Crippen molar-refractivity contribution in [3.05, 3.63) is 29.8 Å². The van der Waals surface area contributed by atoms with Crippen molar-refractivity contribution in [1.82, 2.24) is 0 Å². The lowest BCUT2D eigenvalue weighted by Crippen LogP contribution is -2.22. The molecule has 1 fully saturated rings. The fourth-order valence-electron chi connectivity index (χ4n) is 2.12. The average Bonchev–Trinajstić information content (AvgIpc) is 2.87. The van der Waals surface area contributed by atoms with Gasteiger partial charge in [0.15, 0.2) is 0 Å². The second kappa shape index (κ2) is 5.19. The van der Waals surface area contributed by atoms with Crippen LogP contribution in [0.1, 0.15) is 11.5 Å². The maximum absolute atomic E-state index is 11.6. The first-order chi connectivity index (χ1) is 8.26. The van der Waals surface area contributed by atoms with Crippen molar-refractivity contribution in [2.24, 2.45) is 5.92 Å². The normalized spacial score (nSPS) is 23.4. The summed E-state index contributed by atoms with van der Waals surface area (Å²) in [4.78, 5) is 11.6. The molecule has 1 heterocycles. The molecule has 4 heteroatoms. The third-order valence-corrected chi connectivity index (χ3v) is 3.13. The molecule has 1 aliphatic rings. The Hall–Kier alpha value is -1.55. The van der Waals surface area contributed by atoms with E-state index in [0.29, 0.717) is 13.2 Å².